The first-order valence-electron chi connectivity index (χ1n) is 5.36. The van der Waals surface area contributed by atoms with Crippen LogP contribution in [0.1, 0.15) is 23.9 Å². The van der Waals surface area contributed by atoms with E-state index < -0.39 is 0 Å². The normalized spacial score (nSPS) is 10.9. The second-order valence-electron chi connectivity index (χ2n) is 3.72. The van der Waals surface area contributed by atoms with Crippen molar-refractivity contribution in [2.75, 3.05) is 6.54 Å². The molecule has 0 radical (unpaired) electrons. The van der Waals surface area contributed by atoms with Crippen molar-refractivity contribution in [2.45, 2.75) is 19.3 Å². The molecule has 0 aromatic carbocycles. The largest absolute Gasteiger partial charge is 0.338 e. The molecule has 2 heterocycles. The molecule has 2 rings (SSSR count). The van der Waals surface area contributed by atoms with Gasteiger partial charge in [-0.2, -0.15) is 5.10 Å². The van der Waals surface area contributed by atoms with Gasteiger partial charge in [0, 0.05) is 25.9 Å². The molecule has 0 amide bonds. The van der Waals surface area contributed by atoms with E-state index in [1.807, 2.05) is 17.8 Å². The molecule has 6 heteroatoms. The number of aromatic nitrogens is 5. The number of aromatic amines is 1. The van der Waals surface area contributed by atoms with Gasteiger partial charge in [-0.15, -0.1) is 0 Å². The molecule has 0 spiro atoms. The lowest BCUT2D eigenvalue weighted by atomic mass is 10.3. The maximum Gasteiger partial charge on any atom is 0.150 e. The van der Waals surface area contributed by atoms with Gasteiger partial charge in [0.15, 0.2) is 5.82 Å². The van der Waals surface area contributed by atoms with Crippen LogP contribution in [0.15, 0.2) is 12.4 Å². The summed E-state index contributed by atoms with van der Waals surface area (Å²) >= 11 is 0. The first kappa shape index (κ1) is 10.8. The van der Waals surface area contributed by atoms with Crippen molar-refractivity contribution in [3.63, 3.8) is 0 Å². The van der Waals surface area contributed by atoms with Gasteiger partial charge in [-0.25, -0.2) is 9.97 Å². The SMILES string of the molecule is Cn1ccnc1Cc1nc(CCCN)n[nH]1. The van der Waals surface area contributed by atoms with Gasteiger partial charge < -0.3 is 10.3 Å². The number of imidazole rings is 1. The maximum atomic E-state index is 5.43. The van der Waals surface area contributed by atoms with Crippen LogP contribution in [-0.2, 0) is 19.9 Å². The highest BCUT2D eigenvalue weighted by atomic mass is 15.2. The average Bonchev–Trinajstić information content (AvgIpc) is 2.87. The summed E-state index contributed by atoms with van der Waals surface area (Å²) in [7, 11) is 1.97. The number of nitrogens with one attached hydrogen (secondary N) is 1. The smallest absolute Gasteiger partial charge is 0.150 e. The lowest BCUT2D eigenvalue weighted by Gasteiger charge is -1.97. The van der Waals surface area contributed by atoms with Crippen molar-refractivity contribution in [3.05, 3.63) is 29.9 Å². The Balaban J connectivity index is 2.00. The van der Waals surface area contributed by atoms with E-state index in [4.69, 9.17) is 5.73 Å². The Morgan fingerprint density at radius 3 is 3.06 bits per heavy atom. The highest BCUT2D eigenvalue weighted by Crippen LogP contribution is 2.03. The van der Waals surface area contributed by atoms with Crippen LogP contribution in [0.5, 0.6) is 0 Å². The maximum absolute atomic E-state index is 5.43. The van der Waals surface area contributed by atoms with Crippen LogP contribution in [0.2, 0.25) is 0 Å². The quantitative estimate of drug-likeness (QED) is 0.744. The van der Waals surface area contributed by atoms with E-state index in [2.05, 4.69) is 20.2 Å². The molecule has 0 aliphatic heterocycles. The molecule has 2 aromatic heterocycles. The van der Waals surface area contributed by atoms with Crippen LogP contribution in [0, 0.1) is 0 Å². The van der Waals surface area contributed by atoms with E-state index in [-0.39, 0.29) is 0 Å². The molecule has 0 saturated heterocycles. The third kappa shape index (κ3) is 2.46. The summed E-state index contributed by atoms with van der Waals surface area (Å²) in [6.45, 7) is 0.670. The summed E-state index contributed by atoms with van der Waals surface area (Å²) in [5.41, 5.74) is 5.43. The monoisotopic (exact) mass is 220 g/mol. The zero-order valence-electron chi connectivity index (χ0n) is 9.35. The van der Waals surface area contributed by atoms with E-state index in [0.717, 1.165) is 30.3 Å². The topological polar surface area (TPSA) is 85.4 Å². The Morgan fingerprint density at radius 1 is 1.50 bits per heavy atom. The fraction of sp³-hybridized carbons (Fsp3) is 0.500. The lowest BCUT2D eigenvalue weighted by Crippen LogP contribution is -2.02. The van der Waals surface area contributed by atoms with E-state index in [9.17, 15) is 0 Å². The van der Waals surface area contributed by atoms with Gasteiger partial charge in [0.05, 0.1) is 6.42 Å². The van der Waals surface area contributed by atoms with Gasteiger partial charge in [-0.3, -0.25) is 5.10 Å². The van der Waals surface area contributed by atoms with E-state index in [0.29, 0.717) is 13.0 Å². The zero-order valence-corrected chi connectivity index (χ0v) is 9.35. The fourth-order valence-corrected chi connectivity index (χ4v) is 1.50. The van der Waals surface area contributed by atoms with Crippen LogP contribution in [-0.4, -0.2) is 31.3 Å². The van der Waals surface area contributed by atoms with Crippen LogP contribution in [0.3, 0.4) is 0 Å². The summed E-state index contributed by atoms with van der Waals surface area (Å²) in [5, 5.41) is 7.06. The standard InChI is InChI=1S/C10H16N6/c1-16-6-5-12-10(16)7-9-13-8(14-15-9)3-2-4-11/h5-6H,2-4,7,11H2,1H3,(H,13,14,15). The number of hydrogen-bond donors (Lipinski definition) is 2. The summed E-state index contributed by atoms with van der Waals surface area (Å²) in [6.07, 6.45) is 6.12. The lowest BCUT2D eigenvalue weighted by molar-refractivity contribution is 0.783. The summed E-state index contributed by atoms with van der Waals surface area (Å²) in [6, 6.07) is 0. The zero-order chi connectivity index (χ0) is 11.4. The van der Waals surface area contributed by atoms with E-state index in [1.54, 1.807) is 6.20 Å². The number of nitrogens with zero attached hydrogens (tertiary/aromatic N) is 4. The molecule has 0 fully saturated rings. The third-order valence-corrected chi connectivity index (χ3v) is 2.43. The van der Waals surface area contributed by atoms with Gasteiger partial charge in [-0.05, 0) is 13.0 Å². The van der Waals surface area contributed by atoms with Crippen molar-refractivity contribution < 1.29 is 0 Å². The first-order chi connectivity index (χ1) is 7.79. The average molecular weight is 220 g/mol. The van der Waals surface area contributed by atoms with E-state index in [1.165, 1.54) is 0 Å². The molecule has 0 aliphatic carbocycles. The first-order valence-corrected chi connectivity index (χ1v) is 5.36. The van der Waals surface area contributed by atoms with Crippen molar-refractivity contribution in [1.29, 1.82) is 0 Å². The third-order valence-electron chi connectivity index (χ3n) is 2.43. The number of nitrogens with two attached hydrogens (primary N) is 1. The molecule has 86 valence electrons. The molecule has 6 nitrogen and oxygen atoms in total. The molecular weight excluding hydrogens is 204 g/mol. The molecule has 0 saturated carbocycles. The Labute approximate surface area is 93.9 Å². The number of rotatable bonds is 5. The minimum atomic E-state index is 0.670. The van der Waals surface area contributed by atoms with Gasteiger partial charge in [-0.1, -0.05) is 0 Å². The Morgan fingerprint density at radius 2 is 2.38 bits per heavy atom. The van der Waals surface area contributed by atoms with Crippen LogP contribution in [0.4, 0.5) is 0 Å². The summed E-state index contributed by atoms with van der Waals surface area (Å²) in [5.74, 6) is 2.65. The molecule has 2 aromatic rings. The van der Waals surface area contributed by atoms with Gasteiger partial charge >= 0.3 is 0 Å². The molecule has 3 N–H and O–H groups in total. The molecule has 16 heavy (non-hydrogen) atoms. The Hall–Kier alpha value is -1.69. The summed E-state index contributed by atoms with van der Waals surface area (Å²) in [4.78, 5) is 8.63. The van der Waals surface area contributed by atoms with E-state index >= 15 is 0 Å². The van der Waals surface area contributed by atoms with Crippen molar-refractivity contribution in [1.82, 2.24) is 24.7 Å². The fourth-order valence-electron chi connectivity index (χ4n) is 1.50. The highest BCUT2D eigenvalue weighted by Gasteiger charge is 2.06. The minimum Gasteiger partial charge on any atom is -0.338 e. The number of aryl methyl sites for hydroxylation is 2. The van der Waals surface area contributed by atoms with Crippen LogP contribution >= 0.6 is 0 Å². The molecule has 0 unspecified atom stereocenters. The highest BCUT2D eigenvalue weighted by molar-refractivity contribution is 5.02. The van der Waals surface area contributed by atoms with Gasteiger partial charge in [0.25, 0.3) is 0 Å². The van der Waals surface area contributed by atoms with Crippen LogP contribution in [0.25, 0.3) is 0 Å². The number of H-pyrrole nitrogens is 1. The molecule has 0 bridgehead atoms. The predicted octanol–water partition coefficient (Wildman–Crippen LogP) is 0.0203. The minimum absolute atomic E-state index is 0.670. The second kappa shape index (κ2) is 4.89. The van der Waals surface area contributed by atoms with Gasteiger partial charge in [0.2, 0.25) is 0 Å². The van der Waals surface area contributed by atoms with Crippen molar-refractivity contribution >= 4 is 0 Å². The molecule has 0 atom stereocenters. The van der Waals surface area contributed by atoms with Crippen molar-refractivity contribution in [2.24, 2.45) is 12.8 Å². The number of hydrogen-bond acceptors (Lipinski definition) is 4. The second-order valence-corrected chi connectivity index (χ2v) is 3.72. The molecule has 0 aliphatic rings. The molecular formula is C10H16N6. The summed E-state index contributed by atoms with van der Waals surface area (Å²) < 4.78 is 1.97. The van der Waals surface area contributed by atoms with Crippen molar-refractivity contribution in [3.8, 4) is 0 Å². The van der Waals surface area contributed by atoms with Gasteiger partial charge in [0.1, 0.15) is 11.6 Å². The Bertz CT molecular complexity index is 444. The Kier molecular flexibility index (Phi) is 3.31. The predicted molar refractivity (Wildman–Crippen MR) is 59.8 cm³/mol. The van der Waals surface area contributed by atoms with Crippen LogP contribution < -0.4 is 5.73 Å².